The number of primary amides is 1. The molecule has 164 valence electrons. The summed E-state index contributed by atoms with van der Waals surface area (Å²) in [5.41, 5.74) is 6.28. The molecule has 1 amide bonds. The van der Waals surface area contributed by atoms with Gasteiger partial charge >= 0.3 is 0 Å². The molecule has 0 heterocycles. The Morgan fingerprint density at radius 3 is 2.47 bits per heavy atom. The zero-order valence-electron chi connectivity index (χ0n) is 17.2. The zero-order chi connectivity index (χ0) is 21.8. The quantitative estimate of drug-likeness (QED) is 0.343. The molecule has 0 spiro atoms. The molecule has 0 radical (unpaired) electrons. The number of hydrogen-bond donors (Lipinski definition) is 4. The first-order chi connectivity index (χ1) is 14.5. The van der Waals surface area contributed by atoms with Crippen LogP contribution in [-0.2, 0) is 11.2 Å². The second-order valence-electron chi connectivity index (χ2n) is 6.80. The van der Waals surface area contributed by atoms with Crippen molar-refractivity contribution in [2.24, 2.45) is 5.73 Å². The highest BCUT2D eigenvalue weighted by molar-refractivity contribution is 5.95. The average Bonchev–Trinajstić information content (AvgIpc) is 2.74. The van der Waals surface area contributed by atoms with E-state index in [9.17, 15) is 15.0 Å². The third kappa shape index (κ3) is 8.28. The summed E-state index contributed by atoms with van der Waals surface area (Å²) in [6.45, 7) is 2.29. The van der Waals surface area contributed by atoms with Gasteiger partial charge in [0.15, 0.2) is 0 Å². The Bertz CT molecular complexity index is 782. The molecule has 0 saturated heterocycles. The maximum absolute atomic E-state index is 11.3. The molecule has 0 aliphatic carbocycles. The molecule has 5 N–H and O–H groups in total. The van der Waals surface area contributed by atoms with Crippen LogP contribution in [0.25, 0.3) is 0 Å². The molecule has 8 heteroatoms. The highest BCUT2D eigenvalue weighted by Gasteiger charge is 2.09. The van der Waals surface area contributed by atoms with Gasteiger partial charge in [-0.05, 0) is 61.3 Å². The Hall–Kier alpha value is -2.81. The second-order valence-corrected chi connectivity index (χ2v) is 6.80. The first-order valence-corrected chi connectivity index (χ1v) is 9.84. The lowest BCUT2D eigenvalue weighted by Gasteiger charge is -2.14. The molecule has 1 atom stereocenters. The number of carbonyl (C=O) groups is 1. The number of nitrogens with one attached hydrogen (secondary N) is 1. The van der Waals surface area contributed by atoms with Crippen LogP contribution < -0.4 is 20.5 Å². The molecule has 8 nitrogen and oxygen atoms in total. The van der Waals surface area contributed by atoms with Gasteiger partial charge in [0.05, 0.1) is 12.2 Å². The third-order valence-electron chi connectivity index (χ3n) is 4.35. The van der Waals surface area contributed by atoms with Gasteiger partial charge in [-0.15, -0.1) is 0 Å². The number of aromatic hydroxyl groups is 1. The van der Waals surface area contributed by atoms with Crippen molar-refractivity contribution in [3.63, 3.8) is 0 Å². The number of methoxy groups -OCH3 is 1. The Kier molecular flexibility index (Phi) is 9.93. The normalized spacial score (nSPS) is 11.8. The van der Waals surface area contributed by atoms with Crippen LogP contribution in [0.3, 0.4) is 0 Å². The standard InChI is InChI=1S/C22H30N2O6/c1-28-11-12-29-18-5-7-19(8-6-18)30-15-17(25)14-24-10-2-3-16-4-9-21(26)20(13-16)22(23)27/h4-9,13,17,24-26H,2-3,10-12,14-15H2,1H3,(H2,23,27). The van der Waals surface area contributed by atoms with Crippen LogP contribution in [0.4, 0.5) is 0 Å². The fourth-order valence-electron chi connectivity index (χ4n) is 2.75. The van der Waals surface area contributed by atoms with Crippen molar-refractivity contribution >= 4 is 5.91 Å². The smallest absolute Gasteiger partial charge is 0.252 e. The van der Waals surface area contributed by atoms with E-state index >= 15 is 0 Å². The lowest BCUT2D eigenvalue weighted by atomic mass is 10.1. The van der Waals surface area contributed by atoms with Crippen LogP contribution in [0, 0.1) is 0 Å². The van der Waals surface area contributed by atoms with Gasteiger partial charge in [-0.1, -0.05) is 6.07 Å². The minimum atomic E-state index is -0.649. The van der Waals surface area contributed by atoms with Crippen LogP contribution in [-0.4, -0.2) is 62.2 Å². The lowest BCUT2D eigenvalue weighted by molar-refractivity contribution is 0.0997. The van der Waals surface area contributed by atoms with Crippen molar-refractivity contribution in [1.29, 1.82) is 0 Å². The summed E-state index contributed by atoms with van der Waals surface area (Å²) in [5, 5.41) is 22.8. The number of aliphatic hydroxyl groups excluding tert-OH is 1. The molecule has 0 aliphatic heterocycles. The van der Waals surface area contributed by atoms with Crippen LogP contribution in [0.2, 0.25) is 0 Å². The Morgan fingerprint density at radius 2 is 1.80 bits per heavy atom. The van der Waals surface area contributed by atoms with E-state index in [1.807, 2.05) is 12.1 Å². The molecular formula is C22H30N2O6. The number of nitrogens with two attached hydrogens (primary N) is 1. The first kappa shape index (κ1) is 23.5. The highest BCUT2D eigenvalue weighted by atomic mass is 16.5. The largest absolute Gasteiger partial charge is 0.507 e. The molecule has 0 fully saturated rings. The SMILES string of the molecule is COCCOc1ccc(OCC(O)CNCCCc2ccc(O)c(C(N)=O)c2)cc1. The molecule has 2 rings (SSSR count). The van der Waals surface area contributed by atoms with Gasteiger partial charge in [0.25, 0.3) is 5.91 Å². The molecule has 2 aromatic rings. The van der Waals surface area contributed by atoms with Crippen LogP contribution in [0.1, 0.15) is 22.3 Å². The van der Waals surface area contributed by atoms with Crippen molar-refractivity contribution in [3.8, 4) is 17.2 Å². The summed E-state index contributed by atoms with van der Waals surface area (Å²) in [6, 6.07) is 12.0. The number of ether oxygens (including phenoxy) is 3. The Morgan fingerprint density at radius 1 is 1.10 bits per heavy atom. The van der Waals surface area contributed by atoms with Crippen molar-refractivity contribution in [2.75, 3.05) is 40.0 Å². The highest BCUT2D eigenvalue weighted by Crippen LogP contribution is 2.19. The van der Waals surface area contributed by atoms with Crippen LogP contribution in [0.5, 0.6) is 17.2 Å². The van der Waals surface area contributed by atoms with E-state index in [0.717, 1.165) is 24.2 Å². The van der Waals surface area contributed by atoms with E-state index in [2.05, 4.69) is 5.32 Å². The van der Waals surface area contributed by atoms with E-state index in [1.54, 1.807) is 31.4 Å². The van der Waals surface area contributed by atoms with E-state index in [1.165, 1.54) is 6.07 Å². The number of rotatable bonds is 14. The van der Waals surface area contributed by atoms with Crippen LogP contribution in [0.15, 0.2) is 42.5 Å². The monoisotopic (exact) mass is 418 g/mol. The van der Waals surface area contributed by atoms with E-state index in [0.29, 0.717) is 32.1 Å². The molecule has 30 heavy (non-hydrogen) atoms. The van der Waals surface area contributed by atoms with Gasteiger partial charge in [-0.3, -0.25) is 4.79 Å². The Labute approximate surface area is 176 Å². The van der Waals surface area contributed by atoms with Crippen molar-refractivity contribution in [2.45, 2.75) is 18.9 Å². The molecule has 0 saturated carbocycles. The first-order valence-electron chi connectivity index (χ1n) is 9.84. The number of amides is 1. The number of aliphatic hydroxyl groups is 1. The summed E-state index contributed by atoms with van der Waals surface area (Å²) < 4.78 is 16.0. The van der Waals surface area contributed by atoms with E-state index < -0.39 is 12.0 Å². The van der Waals surface area contributed by atoms with E-state index in [4.69, 9.17) is 19.9 Å². The summed E-state index contributed by atoms with van der Waals surface area (Å²) >= 11 is 0. The molecule has 0 aromatic heterocycles. The minimum Gasteiger partial charge on any atom is -0.507 e. The van der Waals surface area contributed by atoms with Gasteiger partial charge in [0.1, 0.15) is 36.6 Å². The Balaban J connectivity index is 1.60. The number of benzene rings is 2. The average molecular weight is 418 g/mol. The number of phenols is 1. The van der Waals surface area contributed by atoms with E-state index in [-0.39, 0.29) is 17.9 Å². The number of aryl methyl sites for hydroxylation is 1. The van der Waals surface area contributed by atoms with Crippen LogP contribution >= 0.6 is 0 Å². The molecule has 2 aromatic carbocycles. The van der Waals surface area contributed by atoms with Gasteiger partial charge < -0.3 is 35.5 Å². The maximum Gasteiger partial charge on any atom is 0.252 e. The van der Waals surface area contributed by atoms with Gasteiger partial charge in [0, 0.05) is 13.7 Å². The van der Waals surface area contributed by atoms with Gasteiger partial charge in [-0.2, -0.15) is 0 Å². The van der Waals surface area contributed by atoms with Crippen molar-refractivity contribution in [3.05, 3.63) is 53.6 Å². The molecule has 0 bridgehead atoms. The molecule has 0 aliphatic rings. The van der Waals surface area contributed by atoms with Gasteiger partial charge in [0.2, 0.25) is 0 Å². The summed E-state index contributed by atoms with van der Waals surface area (Å²) in [6.07, 6.45) is 0.887. The summed E-state index contributed by atoms with van der Waals surface area (Å²) in [5.74, 6) is 0.633. The predicted octanol–water partition coefficient (Wildman–Crippen LogP) is 1.48. The summed E-state index contributed by atoms with van der Waals surface area (Å²) in [7, 11) is 1.62. The summed E-state index contributed by atoms with van der Waals surface area (Å²) in [4.78, 5) is 11.3. The minimum absolute atomic E-state index is 0.110. The number of carbonyl (C=O) groups excluding carboxylic acids is 1. The number of hydrogen-bond acceptors (Lipinski definition) is 7. The van der Waals surface area contributed by atoms with Gasteiger partial charge in [-0.25, -0.2) is 0 Å². The fourth-order valence-corrected chi connectivity index (χ4v) is 2.75. The zero-order valence-corrected chi connectivity index (χ0v) is 17.2. The fraction of sp³-hybridized carbons (Fsp3) is 0.409. The second kappa shape index (κ2) is 12.7. The maximum atomic E-state index is 11.3. The van der Waals surface area contributed by atoms with Crippen molar-refractivity contribution in [1.82, 2.24) is 5.32 Å². The topological polar surface area (TPSA) is 123 Å². The van der Waals surface area contributed by atoms with Crippen molar-refractivity contribution < 1.29 is 29.2 Å². The molecule has 1 unspecified atom stereocenters. The third-order valence-corrected chi connectivity index (χ3v) is 4.35. The lowest BCUT2D eigenvalue weighted by Crippen LogP contribution is -2.32. The molecular weight excluding hydrogens is 388 g/mol. The predicted molar refractivity (Wildman–Crippen MR) is 113 cm³/mol.